The van der Waals surface area contributed by atoms with Crippen molar-refractivity contribution in [2.45, 2.75) is 26.8 Å². The van der Waals surface area contributed by atoms with Crippen molar-refractivity contribution < 1.29 is 13.9 Å². The summed E-state index contributed by atoms with van der Waals surface area (Å²) in [5.41, 5.74) is 1.36. The highest BCUT2D eigenvalue weighted by molar-refractivity contribution is 7.07. The van der Waals surface area contributed by atoms with Gasteiger partial charge in [0.2, 0.25) is 0 Å². The van der Waals surface area contributed by atoms with E-state index in [-0.39, 0.29) is 12.2 Å². The maximum absolute atomic E-state index is 13.3. The number of carbonyl (C=O) groups is 1. The van der Waals surface area contributed by atoms with Gasteiger partial charge in [-0.3, -0.25) is 9.36 Å². The van der Waals surface area contributed by atoms with Crippen molar-refractivity contribution >= 4 is 35.0 Å². The molecule has 3 heterocycles. The number of aryl methyl sites for hydroxylation is 1. The predicted molar refractivity (Wildman–Crippen MR) is 115 cm³/mol. The van der Waals surface area contributed by atoms with Gasteiger partial charge < -0.3 is 9.15 Å². The number of esters is 1. The number of rotatable bonds is 4. The van der Waals surface area contributed by atoms with E-state index in [0.717, 1.165) is 11.3 Å². The summed E-state index contributed by atoms with van der Waals surface area (Å²) >= 11 is 7.31. The van der Waals surface area contributed by atoms with E-state index in [2.05, 4.69) is 4.99 Å². The highest BCUT2D eigenvalue weighted by Gasteiger charge is 2.33. The summed E-state index contributed by atoms with van der Waals surface area (Å²) in [6.45, 7) is 5.56. The number of aromatic nitrogens is 1. The van der Waals surface area contributed by atoms with Crippen molar-refractivity contribution in [2.75, 3.05) is 6.61 Å². The van der Waals surface area contributed by atoms with Crippen molar-refractivity contribution in [3.8, 4) is 0 Å². The highest BCUT2D eigenvalue weighted by Crippen LogP contribution is 2.31. The number of allylic oxidation sites excluding steroid dienone is 1. The highest BCUT2D eigenvalue weighted by atomic mass is 35.5. The molecule has 0 fully saturated rings. The Morgan fingerprint density at radius 3 is 2.63 bits per heavy atom. The number of thiazole rings is 1. The molecule has 0 N–H and O–H groups in total. The number of furan rings is 1. The molecule has 1 aliphatic heterocycles. The molecule has 0 spiro atoms. The minimum atomic E-state index is -0.655. The van der Waals surface area contributed by atoms with Crippen LogP contribution in [0.3, 0.4) is 0 Å². The second kappa shape index (κ2) is 8.08. The van der Waals surface area contributed by atoms with E-state index in [0.29, 0.717) is 31.4 Å². The van der Waals surface area contributed by atoms with Gasteiger partial charge in [-0.1, -0.05) is 35.1 Å². The van der Waals surface area contributed by atoms with Gasteiger partial charge in [0.1, 0.15) is 11.5 Å². The standard InChI is InChI=1S/C22H19ClN2O4S/c1-4-28-21(27)18-13(3)24-22-25(19(18)14-6-8-15(23)9-7-14)20(26)17(30-22)11-16-10-5-12(2)29-16/h5-11,19H,4H2,1-3H3/b17-11+/t19-/m0/s1. The lowest BCUT2D eigenvalue weighted by Gasteiger charge is -2.24. The minimum absolute atomic E-state index is 0.227. The molecule has 0 saturated carbocycles. The van der Waals surface area contributed by atoms with E-state index in [1.807, 2.05) is 13.0 Å². The zero-order chi connectivity index (χ0) is 21.4. The third-order valence-corrected chi connectivity index (χ3v) is 5.97. The molecule has 0 bridgehead atoms. The minimum Gasteiger partial charge on any atom is -0.463 e. The van der Waals surface area contributed by atoms with E-state index in [9.17, 15) is 9.59 Å². The first-order chi connectivity index (χ1) is 14.4. The monoisotopic (exact) mass is 442 g/mol. The van der Waals surface area contributed by atoms with Crippen LogP contribution in [-0.2, 0) is 9.53 Å². The molecule has 8 heteroatoms. The number of benzene rings is 1. The van der Waals surface area contributed by atoms with Crippen molar-refractivity contribution in [1.82, 2.24) is 4.57 Å². The summed E-state index contributed by atoms with van der Waals surface area (Å²) in [7, 11) is 0. The average molecular weight is 443 g/mol. The number of hydrogen-bond acceptors (Lipinski definition) is 6. The van der Waals surface area contributed by atoms with E-state index in [4.69, 9.17) is 20.8 Å². The average Bonchev–Trinajstić information content (AvgIpc) is 3.24. The van der Waals surface area contributed by atoms with E-state index < -0.39 is 12.0 Å². The van der Waals surface area contributed by atoms with Gasteiger partial charge in [0.05, 0.1) is 28.5 Å². The maximum Gasteiger partial charge on any atom is 0.338 e. The third kappa shape index (κ3) is 3.66. The van der Waals surface area contributed by atoms with Gasteiger partial charge in [-0.2, -0.15) is 0 Å². The Morgan fingerprint density at radius 1 is 1.27 bits per heavy atom. The lowest BCUT2D eigenvalue weighted by Crippen LogP contribution is -2.39. The fourth-order valence-corrected chi connectivity index (χ4v) is 4.56. The molecular formula is C22H19ClN2O4S. The molecule has 6 nitrogen and oxygen atoms in total. The third-order valence-electron chi connectivity index (χ3n) is 4.74. The Bertz CT molecular complexity index is 1330. The molecule has 1 atom stereocenters. The fraction of sp³-hybridized carbons (Fsp3) is 0.227. The van der Waals surface area contributed by atoms with Gasteiger partial charge >= 0.3 is 5.97 Å². The summed E-state index contributed by atoms with van der Waals surface area (Å²) in [5, 5.41) is 0.567. The zero-order valence-electron chi connectivity index (χ0n) is 16.6. The molecule has 0 saturated heterocycles. The molecule has 30 heavy (non-hydrogen) atoms. The molecule has 0 aliphatic carbocycles. The molecule has 1 aliphatic rings. The maximum atomic E-state index is 13.3. The predicted octanol–water partition coefficient (Wildman–Crippen LogP) is 3.35. The Balaban J connectivity index is 1.96. The van der Waals surface area contributed by atoms with Gasteiger partial charge in [-0.05, 0) is 50.6 Å². The topological polar surface area (TPSA) is 73.8 Å². The largest absolute Gasteiger partial charge is 0.463 e. The summed E-state index contributed by atoms with van der Waals surface area (Å²) in [4.78, 5) is 31.2. The van der Waals surface area contributed by atoms with E-state index >= 15 is 0 Å². The van der Waals surface area contributed by atoms with Crippen LogP contribution in [0.4, 0.5) is 0 Å². The Labute approximate surface area is 181 Å². The molecule has 2 aromatic heterocycles. The summed E-state index contributed by atoms with van der Waals surface area (Å²) in [6.07, 6.45) is 1.69. The van der Waals surface area contributed by atoms with Gasteiger partial charge in [0.25, 0.3) is 5.56 Å². The lowest BCUT2D eigenvalue weighted by molar-refractivity contribution is -0.139. The molecule has 0 radical (unpaired) electrons. The van der Waals surface area contributed by atoms with Crippen molar-refractivity contribution in [1.29, 1.82) is 0 Å². The van der Waals surface area contributed by atoms with E-state index in [1.54, 1.807) is 50.3 Å². The van der Waals surface area contributed by atoms with Crippen LogP contribution in [-0.4, -0.2) is 17.1 Å². The number of hydrogen-bond donors (Lipinski definition) is 0. The lowest BCUT2D eigenvalue weighted by atomic mass is 9.96. The van der Waals surface area contributed by atoms with Crippen molar-refractivity contribution in [3.05, 3.63) is 89.5 Å². The zero-order valence-corrected chi connectivity index (χ0v) is 18.2. The van der Waals surface area contributed by atoms with Crippen LogP contribution in [0.15, 0.2) is 61.9 Å². The van der Waals surface area contributed by atoms with E-state index in [1.165, 1.54) is 15.9 Å². The van der Waals surface area contributed by atoms with Gasteiger partial charge in [-0.15, -0.1) is 0 Å². The van der Waals surface area contributed by atoms with Crippen LogP contribution in [0.5, 0.6) is 0 Å². The Hall–Kier alpha value is -2.90. The molecule has 0 amide bonds. The summed E-state index contributed by atoms with van der Waals surface area (Å²) < 4.78 is 12.9. The number of nitrogens with zero attached hydrogens (tertiary/aromatic N) is 2. The smallest absolute Gasteiger partial charge is 0.338 e. The number of carbonyl (C=O) groups excluding carboxylic acids is 1. The van der Waals surface area contributed by atoms with Gasteiger partial charge in [0, 0.05) is 11.1 Å². The molecule has 154 valence electrons. The fourth-order valence-electron chi connectivity index (χ4n) is 3.41. The van der Waals surface area contributed by atoms with Crippen LogP contribution in [0.2, 0.25) is 5.02 Å². The van der Waals surface area contributed by atoms with Crippen LogP contribution < -0.4 is 14.9 Å². The second-order valence-corrected chi connectivity index (χ2v) is 8.25. The second-order valence-electron chi connectivity index (χ2n) is 6.80. The molecule has 3 aromatic rings. The summed E-state index contributed by atoms with van der Waals surface area (Å²) in [5.74, 6) is 0.852. The number of halogens is 1. The Morgan fingerprint density at radius 2 is 2.00 bits per heavy atom. The van der Waals surface area contributed by atoms with Gasteiger partial charge in [-0.25, -0.2) is 9.79 Å². The first kappa shape index (κ1) is 20.4. The molecule has 0 unspecified atom stereocenters. The Kier molecular flexibility index (Phi) is 5.49. The summed E-state index contributed by atoms with van der Waals surface area (Å²) in [6, 6.07) is 10.1. The number of ether oxygens (including phenoxy) is 1. The molecule has 1 aromatic carbocycles. The van der Waals surface area contributed by atoms with Gasteiger partial charge in [0.15, 0.2) is 4.80 Å². The first-order valence-electron chi connectivity index (χ1n) is 9.40. The van der Waals surface area contributed by atoms with Crippen molar-refractivity contribution in [2.24, 2.45) is 4.99 Å². The first-order valence-corrected chi connectivity index (χ1v) is 10.6. The molecular weight excluding hydrogens is 424 g/mol. The SMILES string of the molecule is CCOC(=O)C1=C(C)N=c2s/c(=C/c3ccc(C)o3)c(=O)n2[C@H]1c1ccc(Cl)cc1. The van der Waals surface area contributed by atoms with Crippen LogP contribution in [0.25, 0.3) is 6.08 Å². The normalized spacial score (nSPS) is 16.4. The van der Waals surface area contributed by atoms with Crippen LogP contribution >= 0.6 is 22.9 Å². The quantitative estimate of drug-likeness (QED) is 0.581. The van der Waals surface area contributed by atoms with Crippen LogP contribution in [0, 0.1) is 6.92 Å². The number of fused-ring (bicyclic) bond motifs is 1. The van der Waals surface area contributed by atoms with Crippen molar-refractivity contribution in [3.63, 3.8) is 0 Å². The van der Waals surface area contributed by atoms with Crippen LogP contribution in [0.1, 0.15) is 37.0 Å². The molecule has 4 rings (SSSR count).